The van der Waals surface area contributed by atoms with Crippen molar-refractivity contribution in [3.05, 3.63) is 23.7 Å². The maximum atomic E-state index is 11.1. The van der Waals surface area contributed by atoms with E-state index >= 15 is 0 Å². The average molecular weight is 233 g/mol. The van der Waals surface area contributed by atoms with Gasteiger partial charge in [0, 0.05) is 11.0 Å². The van der Waals surface area contributed by atoms with Gasteiger partial charge >= 0.3 is 0 Å². The van der Waals surface area contributed by atoms with E-state index in [4.69, 9.17) is 5.73 Å². The monoisotopic (exact) mass is 232 g/mol. The molecule has 68 valence electrons. The van der Waals surface area contributed by atoms with Crippen LogP contribution in [0.25, 0.3) is 0 Å². The maximum Gasteiger partial charge on any atom is 0.237 e. The Hall–Kier alpha value is -0.610. The van der Waals surface area contributed by atoms with Gasteiger partial charge in [-0.1, -0.05) is 28.6 Å². The number of nitrogens with two attached hydrogens (primary N) is 1. The first-order valence-electron chi connectivity index (χ1n) is 3.55. The number of amides is 1. The van der Waals surface area contributed by atoms with Gasteiger partial charge in [0.05, 0.1) is 6.04 Å². The van der Waals surface area contributed by atoms with Crippen LogP contribution >= 0.6 is 15.9 Å². The van der Waals surface area contributed by atoms with Crippen LogP contribution in [-0.4, -0.2) is 18.5 Å². The van der Waals surface area contributed by atoms with Gasteiger partial charge in [0.2, 0.25) is 5.91 Å². The minimum Gasteiger partial charge on any atom is -0.350 e. The van der Waals surface area contributed by atoms with Crippen molar-refractivity contribution in [2.75, 3.05) is 6.54 Å². The van der Waals surface area contributed by atoms with Gasteiger partial charge in [-0.2, -0.15) is 0 Å². The van der Waals surface area contributed by atoms with Crippen molar-refractivity contribution < 1.29 is 4.79 Å². The predicted molar refractivity (Wildman–Crippen MR) is 53.9 cm³/mol. The molecule has 1 unspecified atom stereocenters. The molecule has 0 rings (SSSR count). The Balaban J connectivity index is 3.71. The van der Waals surface area contributed by atoms with Crippen LogP contribution in [0.1, 0.15) is 6.42 Å². The highest BCUT2D eigenvalue weighted by atomic mass is 79.9. The molecule has 0 radical (unpaired) electrons. The van der Waals surface area contributed by atoms with Gasteiger partial charge in [0.1, 0.15) is 0 Å². The summed E-state index contributed by atoms with van der Waals surface area (Å²) < 4.78 is 0.724. The molecule has 0 spiro atoms. The lowest BCUT2D eigenvalue weighted by Gasteiger charge is -2.08. The lowest BCUT2D eigenvalue weighted by molar-refractivity contribution is -0.122. The van der Waals surface area contributed by atoms with Crippen molar-refractivity contribution in [1.29, 1.82) is 0 Å². The van der Waals surface area contributed by atoms with E-state index in [-0.39, 0.29) is 5.91 Å². The van der Waals surface area contributed by atoms with Crippen LogP contribution in [-0.2, 0) is 4.79 Å². The fourth-order valence-corrected chi connectivity index (χ4v) is 0.741. The van der Waals surface area contributed by atoms with E-state index in [0.717, 1.165) is 4.48 Å². The molecule has 0 aliphatic carbocycles. The quantitative estimate of drug-likeness (QED) is 0.693. The molecule has 3 nitrogen and oxygen atoms in total. The molecule has 0 fully saturated rings. The lowest BCUT2D eigenvalue weighted by atomic mass is 10.2. The molecule has 0 bridgehead atoms. The zero-order chi connectivity index (χ0) is 9.56. The van der Waals surface area contributed by atoms with Gasteiger partial charge in [-0.3, -0.25) is 4.79 Å². The minimum atomic E-state index is -0.505. The van der Waals surface area contributed by atoms with E-state index in [1.807, 2.05) is 0 Å². The SMILES string of the molecule is C=CCC(N)C(=O)NCC(=C)Br. The summed E-state index contributed by atoms with van der Waals surface area (Å²) in [5.74, 6) is -0.185. The molecule has 0 heterocycles. The third-order valence-corrected chi connectivity index (χ3v) is 1.49. The maximum absolute atomic E-state index is 11.1. The Morgan fingerprint density at radius 3 is 2.75 bits per heavy atom. The van der Waals surface area contributed by atoms with Crippen molar-refractivity contribution >= 4 is 21.8 Å². The van der Waals surface area contributed by atoms with Crippen molar-refractivity contribution in [3.8, 4) is 0 Å². The normalized spacial score (nSPS) is 11.8. The smallest absolute Gasteiger partial charge is 0.237 e. The summed E-state index contributed by atoms with van der Waals surface area (Å²) in [4.78, 5) is 11.1. The third-order valence-electron chi connectivity index (χ3n) is 1.21. The molecule has 1 atom stereocenters. The number of halogens is 1. The van der Waals surface area contributed by atoms with Crippen molar-refractivity contribution in [3.63, 3.8) is 0 Å². The lowest BCUT2D eigenvalue weighted by Crippen LogP contribution is -2.40. The number of nitrogens with one attached hydrogen (secondary N) is 1. The average Bonchev–Trinajstić information content (AvgIpc) is 2.00. The van der Waals surface area contributed by atoms with Gasteiger partial charge in [-0.05, 0) is 6.42 Å². The molecule has 0 saturated heterocycles. The molecular formula is C8H13BrN2O. The van der Waals surface area contributed by atoms with Crippen molar-refractivity contribution in [1.82, 2.24) is 5.32 Å². The molecule has 0 aromatic heterocycles. The summed E-state index contributed by atoms with van der Waals surface area (Å²) in [6.45, 7) is 7.47. The van der Waals surface area contributed by atoms with Crippen LogP contribution in [0.4, 0.5) is 0 Å². The highest BCUT2D eigenvalue weighted by molar-refractivity contribution is 9.11. The summed E-state index contributed by atoms with van der Waals surface area (Å²) in [6.07, 6.45) is 2.10. The topological polar surface area (TPSA) is 55.1 Å². The molecule has 0 aliphatic rings. The van der Waals surface area contributed by atoms with Crippen LogP contribution in [0.2, 0.25) is 0 Å². The minimum absolute atomic E-state index is 0.185. The first kappa shape index (κ1) is 11.4. The van der Waals surface area contributed by atoms with Crippen LogP contribution in [0, 0.1) is 0 Å². The molecule has 4 heteroatoms. The van der Waals surface area contributed by atoms with Gasteiger partial charge < -0.3 is 11.1 Å². The molecule has 0 aromatic rings. The fourth-order valence-electron chi connectivity index (χ4n) is 0.601. The number of carbonyl (C=O) groups is 1. The van der Waals surface area contributed by atoms with E-state index in [0.29, 0.717) is 13.0 Å². The third kappa shape index (κ3) is 5.09. The van der Waals surface area contributed by atoms with Gasteiger partial charge in [0.15, 0.2) is 0 Å². The van der Waals surface area contributed by atoms with E-state index < -0.39 is 6.04 Å². The van der Waals surface area contributed by atoms with Crippen molar-refractivity contribution in [2.24, 2.45) is 5.73 Å². The van der Waals surface area contributed by atoms with Crippen LogP contribution in [0.5, 0.6) is 0 Å². The second-order valence-electron chi connectivity index (χ2n) is 2.37. The predicted octanol–water partition coefficient (Wildman–Crippen LogP) is 0.915. The molecule has 1 amide bonds. The number of rotatable bonds is 5. The molecular weight excluding hydrogens is 220 g/mol. The first-order valence-corrected chi connectivity index (χ1v) is 4.34. The number of hydrogen-bond donors (Lipinski definition) is 2. The Labute approximate surface area is 80.8 Å². The van der Waals surface area contributed by atoms with Crippen LogP contribution < -0.4 is 11.1 Å². The Kier molecular flexibility index (Phi) is 5.66. The summed E-state index contributed by atoms with van der Waals surface area (Å²) in [5.41, 5.74) is 5.49. The van der Waals surface area contributed by atoms with Gasteiger partial charge in [-0.25, -0.2) is 0 Å². The molecule has 3 N–H and O–H groups in total. The Morgan fingerprint density at radius 1 is 1.75 bits per heavy atom. The summed E-state index contributed by atoms with van der Waals surface area (Å²) in [6, 6.07) is -0.505. The van der Waals surface area contributed by atoms with Crippen LogP contribution in [0.3, 0.4) is 0 Å². The molecule has 0 aromatic carbocycles. The number of carbonyl (C=O) groups excluding carboxylic acids is 1. The van der Waals surface area contributed by atoms with E-state index in [1.165, 1.54) is 0 Å². The summed E-state index contributed by atoms with van der Waals surface area (Å²) in [7, 11) is 0. The van der Waals surface area contributed by atoms with E-state index in [2.05, 4.69) is 34.4 Å². The first-order chi connectivity index (χ1) is 5.57. The highest BCUT2D eigenvalue weighted by Crippen LogP contribution is 1.97. The summed E-state index contributed by atoms with van der Waals surface area (Å²) >= 11 is 3.12. The zero-order valence-electron chi connectivity index (χ0n) is 6.85. The van der Waals surface area contributed by atoms with Crippen LogP contribution in [0.15, 0.2) is 23.7 Å². The van der Waals surface area contributed by atoms with E-state index in [1.54, 1.807) is 6.08 Å². The number of hydrogen-bond acceptors (Lipinski definition) is 2. The van der Waals surface area contributed by atoms with Gasteiger partial charge in [0.25, 0.3) is 0 Å². The standard InChI is InChI=1S/C8H13BrN2O/c1-3-4-7(10)8(12)11-5-6(2)9/h3,7H,1-2,4-5,10H2,(H,11,12). The molecule has 12 heavy (non-hydrogen) atoms. The zero-order valence-corrected chi connectivity index (χ0v) is 8.43. The van der Waals surface area contributed by atoms with Crippen molar-refractivity contribution in [2.45, 2.75) is 12.5 Å². The molecule has 0 aliphatic heterocycles. The van der Waals surface area contributed by atoms with E-state index in [9.17, 15) is 4.79 Å². The highest BCUT2D eigenvalue weighted by Gasteiger charge is 2.09. The largest absolute Gasteiger partial charge is 0.350 e. The van der Waals surface area contributed by atoms with Gasteiger partial charge in [-0.15, -0.1) is 6.58 Å². The summed E-state index contributed by atoms with van der Waals surface area (Å²) in [5, 5.41) is 2.61. The molecule has 0 saturated carbocycles. The Bertz CT molecular complexity index is 191. The second-order valence-corrected chi connectivity index (χ2v) is 3.49. The fraction of sp³-hybridized carbons (Fsp3) is 0.375. The Morgan fingerprint density at radius 2 is 2.33 bits per heavy atom. The second kappa shape index (κ2) is 5.97.